The number of hydrogen-bond acceptors (Lipinski definition) is 1. The van der Waals surface area contributed by atoms with E-state index in [1.807, 2.05) is 0 Å². The van der Waals surface area contributed by atoms with Gasteiger partial charge in [0.1, 0.15) is 0 Å². The molecule has 7 aromatic rings. The monoisotopic (exact) mass is 926 g/mol. The van der Waals surface area contributed by atoms with Gasteiger partial charge in [0.25, 0.3) is 0 Å². The highest BCUT2D eigenvalue weighted by molar-refractivity contribution is 6.00. The Kier molecular flexibility index (Phi) is 9.27. The Morgan fingerprint density at radius 1 is 0.408 bits per heavy atom. The van der Waals surface area contributed by atoms with Crippen molar-refractivity contribution in [2.45, 2.75) is 137 Å². The van der Waals surface area contributed by atoms with Gasteiger partial charge in [-0.15, -0.1) is 0 Å². The molecule has 6 aliphatic rings. The Morgan fingerprint density at radius 3 is 1.49 bits per heavy atom. The van der Waals surface area contributed by atoms with Crippen molar-refractivity contribution in [2.75, 3.05) is 4.90 Å². The summed E-state index contributed by atoms with van der Waals surface area (Å²) >= 11 is 0. The van der Waals surface area contributed by atoms with E-state index in [0.717, 1.165) is 6.42 Å². The average Bonchev–Trinajstić information content (AvgIpc) is 3.90. The van der Waals surface area contributed by atoms with Crippen molar-refractivity contribution in [2.24, 2.45) is 16.7 Å². The molecule has 0 fully saturated rings. The molecule has 7 aromatic carbocycles. The lowest BCUT2D eigenvalue weighted by Gasteiger charge is -2.47. The van der Waals surface area contributed by atoms with Crippen molar-refractivity contribution in [3.63, 3.8) is 0 Å². The van der Waals surface area contributed by atoms with Crippen molar-refractivity contribution < 1.29 is 0 Å². The summed E-state index contributed by atoms with van der Waals surface area (Å²) in [5, 5.41) is 0. The van der Waals surface area contributed by atoms with Crippen LogP contribution in [0.15, 0.2) is 157 Å². The molecule has 0 amide bonds. The summed E-state index contributed by atoms with van der Waals surface area (Å²) in [7, 11) is 0. The lowest BCUT2D eigenvalue weighted by Crippen LogP contribution is -2.35. The molecule has 1 nitrogen and oxygen atoms in total. The topological polar surface area (TPSA) is 3.24 Å². The molecule has 0 saturated heterocycles. The van der Waals surface area contributed by atoms with E-state index < -0.39 is 5.41 Å². The molecule has 0 radical (unpaired) electrons. The Morgan fingerprint density at radius 2 is 0.887 bits per heavy atom. The lowest BCUT2D eigenvalue weighted by atomic mass is 9.57. The lowest BCUT2D eigenvalue weighted by molar-refractivity contribution is 0.244. The first-order valence-electron chi connectivity index (χ1n) is 26.9. The fraction of sp³-hybridized carbons (Fsp3) is 0.343. The molecule has 71 heavy (non-hydrogen) atoms. The molecule has 0 heterocycles. The maximum absolute atomic E-state index is 2.75. The van der Waals surface area contributed by atoms with Gasteiger partial charge in [-0.25, -0.2) is 0 Å². The van der Waals surface area contributed by atoms with Crippen molar-refractivity contribution in [1.29, 1.82) is 0 Å². The van der Waals surface area contributed by atoms with Crippen LogP contribution in [0, 0.1) is 23.7 Å². The highest BCUT2D eigenvalue weighted by Crippen LogP contribution is 2.65. The van der Waals surface area contributed by atoms with Gasteiger partial charge in [-0.05, 0) is 192 Å². The molecule has 13 rings (SSSR count). The zero-order chi connectivity index (χ0) is 49.4. The van der Waals surface area contributed by atoms with Crippen LogP contribution in [-0.2, 0) is 21.7 Å². The molecule has 1 atom stereocenters. The predicted octanol–water partition coefficient (Wildman–Crippen LogP) is 19.0. The Labute approximate surface area is 424 Å². The molecule has 0 N–H and O–H groups in total. The zero-order valence-electron chi connectivity index (χ0n) is 44.4. The second kappa shape index (κ2) is 14.7. The van der Waals surface area contributed by atoms with Gasteiger partial charge in [-0.3, -0.25) is 0 Å². The van der Waals surface area contributed by atoms with E-state index in [1.54, 1.807) is 11.1 Å². The molecular weight excluding hydrogens is 855 g/mol. The smallest absolute Gasteiger partial charge is 0.0726 e. The van der Waals surface area contributed by atoms with Crippen LogP contribution in [0.25, 0.3) is 39.0 Å². The van der Waals surface area contributed by atoms with E-state index >= 15 is 0 Å². The highest BCUT2D eigenvalue weighted by atomic mass is 15.1. The van der Waals surface area contributed by atoms with Crippen LogP contribution < -0.4 is 4.90 Å². The molecule has 1 heteroatoms. The van der Waals surface area contributed by atoms with E-state index in [4.69, 9.17) is 0 Å². The first-order chi connectivity index (χ1) is 33.8. The van der Waals surface area contributed by atoms with Gasteiger partial charge in [-0.1, -0.05) is 197 Å². The van der Waals surface area contributed by atoms with Crippen LogP contribution in [0.1, 0.15) is 164 Å². The summed E-state index contributed by atoms with van der Waals surface area (Å²) < 4.78 is 0. The van der Waals surface area contributed by atoms with Gasteiger partial charge in [0.15, 0.2) is 0 Å². The minimum Gasteiger partial charge on any atom is -0.310 e. The van der Waals surface area contributed by atoms with Gasteiger partial charge in [0.2, 0.25) is 0 Å². The molecule has 356 valence electrons. The summed E-state index contributed by atoms with van der Waals surface area (Å²) in [6.07, 6.45) is 8.49. The van der Waals surface area contributed by atoms with Gasteiger partial charge in [-0.2, -0.15) is 0 Å². The number of allylic oxidation sites excluding steroid dienone is 4. The van der Waals surface area contributed by atoms with Crippen molar-refractivity contribution >= 4 is 22.6 Å². The van der Waals surface area contributed by atoms with E-state index in [9.17, 15) is 0 Å². The maximum atomic E-state index is 2.75. The summed E-state index contributed by atoms with van der Waals surface area (Å²) in [6.45, 7) is 29.8. The second-order valence-corrected chi connectivity index (χ2v) is 25.9. The third-order valence-corrected chi connectivity index (χ3v) is 19.4. The summed E-state index contributed by atoms with van der Waals surface area (Å²) in [5.41, 5.74) is 30.4. The van der Waals surface area contributed by atoms with Crippen molar-refractivity contribution in [3.8, 4) is 33.4 Å². The molecule has 0 aliphatic heterocycles. The van der Waals surface area contributed by atoms with Crippen LogP contribution in [-0.4, -0.2) is 0 Å². The zero-order valence-corrected chi connectivity index (χ0v) is 44.4. The number of fused-ring (bicyclic) bond motifs is 14. The largest absolute Gasteiger partial charge is 0.310 e. The minimum absolute atomic E-state index is 0.0356. The fourth-order valence-electron chi connectivity index (χ4n) is 15.4. The van der Waals surface area contributed by atoms with Gasteiger partial charge >= 0.3 is 0 Å². The third-order valence-electron chi connectivity index (χ3n) is 19.4. The molecule has 0 saturated carbocycles. The number of nitrogens with zero attached hydrogens (tertiary/aromatic N) is 1. The standard InChI is InChI=1S/C70H71N/c1-42-36-59-60(66(5,6)32-31-65(59,3)4)41-62(42)71(45-29-30-50-46-21-13-17-25-53(46)69(11,12)57(50)38-45)63-40-58-52(39-51(63)44-35-43(2)64-61(37-44)67(7,8)33-34-68(64,9)10)49-24-16-20-28-56(49)70(58)54-26-18-14-22-47(54)48-23-15-19-27-55(48)70/h13-30,36-41,43H,31-35H2,1-12H3. The fourth-order valence-corrected chi connectivity index (χ4v) is 15.4. The quantitative estimate of drug-likeness (QED) is 0.170. The maximum Gasteiger partial charge on any atom is 0.0726 e. The summed E-state index contributed by atoms with van der Waals surface area (Å²) in [4.78, 5) is 2.75. The average molecular weight is 926 g/mol. The van der Waals surface area contributed by atoms with Crippen molar-refractivity contribution in [1.82, 2.24) is 0 Å². The van der Waals surface area contributed by atoms with Crippen LogP contribution in [0.4, 0.5) is 17.1 Å². The molecule has 6 aliphatic carbocycles. The molecule has 1 unspecified atom stereocenters. The van der Waals surface area contributed by atoms with Gasteiger partial charge < -0.3 is 4.90 Å². The molecule has 1 spiro atoms. The van der Waals surface area contributed by atoms with Gasteiger partial charge in [0, 0.05) is 22.4 Å². The Bertz CT molecular complexity index is 3470. The molecular formula is C70H71N. The third kappa shape index (κ3) is 6.05. The van der Waals surface area contributed by atoms with Crippen LogP contribution >= 0.6 is 0 Å². The van der Waals surface area contributed by atoms with Crippen LogP contribution in [0.5, 0.6) is 0 Å². The number of aryl methyl sites for hydroxylation is 1. The normalized spacial score (nSPS) is 21.2. The van der Waals surface area contributed by atoms with E-state index in [2.05, 4.69) is 234 Å². The van der Waals surface area contributed by atoms with E-state index in [0.29, 0.717) is 5.92 Å². The van der Waals surface area contributed by atoms with E-state index in [1.165, 1.54) is 137 Å². The SMILES string of the molecule is Cc1cc2c(cc1N(c1ccc3c(c1)C(C)(C)c1ccccc1-3)c1cc3c(cc1C1=CC4=C(C(C)C1)C(C)(C)CCC4(C)C)-c1ccccc1C31c3ccccc3-c3ccccc31)C(C)(C)CCC2(C)C. The second-order valence-electron chi connectivity index (χ2n) is 25.9. The summed E-state index contributed by atoms with van der Waals surface area (Å²) in [6, 6.07) is 55.2. The molecule has 0 bridgehead atoms. The number of benzene rings is 7. The van der Waals surface area contributed by atoms with E-state index in [-0.39, 0.29) is 27.1 Å². The van der Waals surface area contributed by atoms with Crippen molar-refractivity contribution in [3.05, 3.63) is 212 Å². The minimum atomic E-state index is -0.476. The van der Waals surface area contributed by atoms with Crippen LogP contribution in [0.3, 0.4) is 0 Å². The number of anilines is 3. The van der Waals surface area contributed by atoms with Gasteiger partial charge in [0.05, 0.1) is 11.1 Å². The highest BCUT2D eigenvalue weighted by Gasteiger charge is 2.53. The summed E-state index contributed by atoms with van der Waals surface area (Å²) in [5.74, 6) is 0.425. The first kappa shape index (κ1) is 44.7. The first-order valence-corrected chi connectivity index (χ1v) is 26.9. The van der Waals surface area contributed by atoms with Crippen LogP contribution in [0.2, 0.25) is 0 Å². The number of rotatable bonds is 4. The Hall–Kier alpha value is -6.18. The molecule has 0 aromatic heterocycles. The predicted molar refractivity (Wildman–Crippen MR) is 301 cm³/mol. The number of hydrogen-bond donors (Lipinski definition) is 0. The Balaban J connectivity index is 1.17.